The maximum atomic E-state index is 12.7. The first-order chi connectivity index (χ1) is 11.6. The summed E-state index contributed by atoms with van der Waals surface area (Å²) < 4.78 is 1.81. The lowest BCUT2D eigenvalue weighted by Crippen LogP contribution is -2.48. The summed E-state index contributed by atoms with van der Waals surface area (Å²) in [5, 5.41) is 7.47. The maximum Gasteiger partial charge on any atom is 0.226 e. The Kier molecular flexibility index (Phi) is 4.14. The topological polar surface area (TPSA) is 54.3 Å². The molecule has 24 heavy (non-hydrogen) atoms. The van der Waals surface area contributed by atoms with Crippen molar-refractivity contribution in [3.8, 4) is 0 Å². The summed E-state index contributed by atoms with van der Waals surface area (Å²) in [6.45, 7) is 6.48. The first-order valence-electron chi connectivity index (χ1n) is 8.51. The minimum Gasteiger partial charge on any atom is -0.340 e. The zero-order valence-electron chi connectivity index (χ0n) is 14.2. The van der Waals surface area contributed by atoms with Gasteiger partial charge >= 0.3 is 0 Å². The molecular formula is C17H23N5OS. The number of piperazine rings is 1. The van der Waals surface area contributed by atoms with E-state index in [9.17, 15) is 4.79 Å². The van der Waals surface area contributed by atoms with Crippen LogP contribution < -0.4 is 0 Å². The quantitative estimate of drug-likeness (QED) is 0.845. The van der Waals surface area contributed by atoms with Gasteiger partial charge in [0, 0.05) is 57.3 Å². The molecule has 0 N–H and O–H groups in total. The summed E-state index contributed by atoms with van der Waals surface area (Å²) in [6, 6.07) is 0. The van der Waals surface area contributed by atoms with E-state index < -0.39 is 0 Å². The van der Waals surface area contributed by atoms with Crippen molar-refractivity contribution >= 4 is 17.2 Å². The maximum absolute atomic E-state index is 12.7. The third-order valence-electron chi connectivity index (χ3n) is 5.00. The number of carbonyl (C=O) groups excluding carboxylic acids is 1. The Morgan fingerprint density at radius 1 is 1.33 bits per heavy atom. The van der Waals surface area contributed by atoms with Crippen LogP contribution in [0.3, 0.4) is 0 Å². The molecule has 128 valence electrons. The summed E-state index contributed by atoms with van der Waals surface area (Å²) in [5.41, 5.74) is 2.35. The van der Waals surface area contributed by atoms with Crippen molar-refractivity contribution < 1.29 is 4.79 Å². The summed E-state index contributed by atoms with van der Waals surface area (Å²) >= 11 is 1.70. The Morgan fingerprint density at radius 3 is 2.75 bits per heavy atom. The van der Waals surface area contributed by atoms with Crippen LogP contribution in [0.5, 0.6) is 0 Å². The van der Waals surface area contributed by atoms with Gasteiger partial charge < -0.3 is 4.90 Å². The van der Waals surface area contributed by atoms with Crippen molar-refractivity contribution in [3.05, 3.63) is 34.0 Å². The van der Waals surface area contributed by atoms with E-state index in [1.807, 2.05) is 35.9 Å². The average molecular weight is 345 g/mol. The monoisotopic (exact) mass is 345 g/mol. The van der Waals surface area contributed by atoms with Gasteiger partial charge in [0.15, 0.2) is 0 Å². The van der Waals surface area contributed by atoms with Crippen LogP contribution in [0.15, 0.2) is 17.8 Å². The van der Waals surface area contributed by atoms with Gasteiger partial charge in [-0.3, -0.25) is 14.4 Å². The van der Waals surface area contributed by atoms with Crippen molar-refractivity contribution in [3.63, 3.8) is 0 Å². The normalized spacial score (nSPS) is 24.3. The van der Waals surface area contributed by atoms with E-state index in [1.54, 1.807) is 11.3 Å². The second kappa shape index (κ2) is 6.29. The van der Waals surface area contributed by atoms with Crippen LogP contribution in [0.2, 0.25) is 0 Å². The minimum atomic E-state index is 0.168. The molecule has 2 atom stereocenters. The van der Waals surface area contributed by atoms with Crippen molar-refractivity contribution in [2.75, 3.05) is 26.2 Å². The summed E-state index contributed by atoms with van der Waals surface area (Å²) in [4.78, 5) is 21.7. The molecule has 0 bridgehead atoms. The third kappa shape index (κ3) is 3.23. The third-order valence-corrected chi connectivity index (χ3v) is 5.82. The minimum absolute atomic E-state index is 0.168. The van der Waals surface area contributed by atoms with Gasteiger partial charge in [-0.1, -0.05) is 0 Å². The number of hydrogen-bond donors (Lipinski definition) is 0. The number of rotatable bonds is 4. The van der Waals surface area contributed by atoms with Gasteiger partial charge in [-0.05, 0) is 24.8 Å². The molecule has 6 nitrogen and oxygen atoms in total. The van der Waals surface area contributed by atoms with E-state index in [2.05, 4.69) is 20.4 Å². The molecule has 0 aromatic carbocycles. The Morgan fingerprint density at radius 2 is 2.12 bits per heavy atom. The van der Waals surface area contributed by atoms with Crippen molar-refractivity contribution in [1.29, 1.82) is 0 Å². The van der Waals surface area contributed by atoms with Crippen molar-refractivity contribution in [2.45, 2.75) is 25.8 Å². The molecule has 0 spiro atoms. The molecule has 3 heterocycles. The molecule has 1 amide bonds. The van der Waals surface area contributed by atoms with Crippen LogP contribution in [0.4, 0.5) is 0 Å². The highest BCUT2D eigenvalue weighted by Gasteiger charge is 2.46. The fraction of sp³-hybridized carbons (Fsp3) is 0.588. The van der Waals surface area contributed by atoms with E-state index in [4.69, 9.17) is 0 Å². The highest BCUT2D eigenvalue weighted by Crippen LogP contribution is 2.48. The molecule has 7 heteroatoms. The molecule has 2 aromatic rings. The van der Waals surface area contributed by atoms with Crippen LogP contribution in [-0.2, 0) is 18.4 Å². The second-order valence-corrected chi connectivity index (χ2v) is 7.92. The predicted molar refractivity (Wildman–Crippen MR) is 92.8 cm³/mol. The van der Waals surface area contributed by atoms with Gasteiger partial charge in [-0.25, -0.2) is 4.98 Å². The second-order valence-electron chi connectivity index (χ2n) is 6.86. The van der Waals surface area contributed by atoms with E-state index in [0.717, 1.165) is 49.8 Å². The van der Waals surface area contributed by atoms with Crippen molar-refractivity contribution in [1.82, 2.24) is 24.6 Å². The summed E-state index contributed by atoms with van der Waals surface area (Å²) in [6.07, 6.45) is 4.90. The van der Waals surface area contributed by atoms with E-state index >= 15 is 0 Å². The van der Waals surface area contributed by atoms with Gasteiger partial charge in [0.1, 0.15) is 0 Å². The van der Waals surface area contributed by atoms with Gasteiger partial charge in [0.25, 0.3) is 0 Å². The van der Waals surface area contributed by atoms with Crippen LogP contribution in [0, 0.1) is 12.8 Å². The van der Waals surface area contributed by atoms with Crippen LogP contribution in [0.1, 0.15) is 28.6 Å². The molecular weight excluding hydrogens is 322 g/mol. The SMILES string of the molecule is Cc1nc(CN2CCN(C(=O)[C@@H]3C[C@@H]3c3cnn(C)c3)CC2)cs1. The Labute approximate surface area is 146 Å². The van der Waals surface area contributed by atoms with Gasteiger partial charge in [0.05, 0.1) is 16.9 Å². The Balaban J connectivity index is 1.28. The number of thiazole rings is 1. The highest BCUT2D eigenvalue weighted by molar-refractivity contribution is 7.09. The van der Waals surface area contributed by atoms with Crippen LogP contribution in [0.25, 0.3) is 0 Å². The molecule has 0 radical (unpaired) electrons. The molecule has 1 saturated heterocycles. The number of hydrogen-bond acceptors (Lipinski definition) is 5. The zero-order valence-corrected chi connectivity index (χ0v) is 15.0. The van der Waals surface area contributed by atoms with Gasteiger partial charge in [-0.2, -0.15) is 5.10 Å². The van der Waals surface area contributed by atoms with Crippen LogP contribution in [-0.4, -0.2) is 56.7 Å². The average Bonchev–Trinajstić information content (AvgIpc) is 3.09. The number of nitrogens with zero attached hydrogens (tertiary/aromatic N) is 5. The highest BCUT2D eigenvalue weighted by atomic mass is 32.1. The van der Waals surface area contributed by atoms with Crippen molar-refractivity contribution in [2.24, 2.45) is 13.0 Å². The zero-order chi connectivity index (χ0) is 16.7. The smallest absolute Gasteiger partial charge is 0.226 e. The predicted octanol–water partition coefficient (Wildman–Crippen LogP) is 1.63. The number of aryl methyl sites for hydroxylation is 2. The molecule has 4 rings (SSSR count). The number of carbonyl (C=O) groups is 1. The molecule has 2 aliphatic rings. The van der Waals surface area contributed by atoms with E-state index in [-0.39, 0.29) is 5.92 Å². The Hall–Kier alpha value is -1.73. The lowest BCUT2D eigenvalue weighted by Gasteiger charge is -2.34. The lowest BCUT2D eigenvalue weighted by atomic mass is 10.1. The van der Waals surface area contributed by atoms with E-state index in [0.29, 0.717) is 11.8 Å². The summed E-state index contributed by atoms with van der Waals surface area (Å²) in [5.74, 6) is 0.872. The molecule has 1 saturated carbocycles. The van der Waals surface area contributed by atoms with Gasteiger partial charge in [-0.15, -0.1) is 11.3 Å². The fourth-order valence-electron chi connectivity index (χ4n) is 3.54. The number of aromatic nitrogens is 3. The van der Waals surface area contributed by atoms with Crippen LogP contribution >= 0.6 is 11.3 Å². The van der Waals surface area contributed by atoms with Gasteiger partial charge in [0.2, 0.25) is 5.91 Å². The standard InChI is InChI=1S/C17H23N5OS/c1-12-19-14(11-24-12)10-21-3-5-22(6-4-21)17(23)16-7-15(16)13-8-18-20(2)9-13/h8-9,11,15-16H,3-7,10H2,1-2H3/t15-,16-/m1/s1. The molecule has 0 unspecified atom stereocenters. The molecule has 2 aromatic heterocycles. The lowest BCUT2D eigenvalue weighted by molar-refractivity contribution is -0.134. The first kappa shape index (κ1) is 15.8. The molecule has 1 aliphatic heterocycles. The molecule has 2 fully saturated rings. The Bertz CT molecular complexity index is 731. The largest absolute Gasteiger partial charge is 0.340 e. The molecule has 1 aliphatic carbocycles. The number of amides is 1. The summed E-state index contributed by atoms with van der Waals surface area (Å²) in [7, 11) is 1.92. The first-order valence-corrected chi connectivity index (χ1v) is 9.39. The van der Waals surface area contributed by atoms with E-state index in [1.165, 1.54) is 5.56 Å². The fourth-order valence-corrected chi connectivity index (χ4v) is 4.14.